The second kappa shape index (κ2) is 4.93. The Hall–Kier alpha value is -0.930. The lowest BCUT2D eigenvalue weighted by Gasteiger charge is -2.16. The molecule has 88 valence electrons. The molecule has 4 heteroatoms. The molecule has 0 amide bonds. The number of hydrogen-bond donors (Lipinski definition) is 2. The van der Waals surface area contributed by atoms with Gasteiger partial charge < -0.3 is 15.4 Å². The van der Waals surface area contributed by atoms with Crippen molar-refractivity contribution in [2.75, 3.05) is 25.5 Å². The SMILES string of the molecule is COc1cc(C)c(NC2CCNC2)cc1Cl. The zero-order valence-corrected chi connectivity index (χ0v) is 10.4. The molecule has 1 aliphatic rings. The fourth-order valence-electron chi connectivity index (χ4n) is 1.96. The molecule has 0 radical (unpaired) electrons. The average Bonchev–Trinajstić information content (AvgIpc) is 2.75. The Morgan fingerprint density at radius 3 is 2.94 bits per heavy atom. The van der Waals surface area contributed by atoms with Crippen molar-refractivity contribution in [2.24, 2.45) is 0 Å². The second-order valence-corrected chi connectivity index (χ2v) is 4.54. The van der Waals surface area contributed by atoms with E-state index in [0.29, 0.717) is 11.1 Å². The first-order chi connectivity index (χ1) is 7.70. The minimum absolute atomic E-state index is 0.503. The van der Waals surface area contributed by atoms with E-state index in [0.717, 1.165) is 36.5 Å². The largest absolute Gasteiger partial charge is 0.495 e. The topological polar surface area (TPSA) is 33.3 Å². The number of methoxy groups -OCH3 is 1. The Morgan fingerprint density at radius 1 is 1.50 bits per heavy atom. The number of benzene rings is 1. The molecule has 3 nitrogen and oxygen atoms in total. The van der Waals surface area contributed by atoms with Gasteiger partial charge in [-0.05, 0) is 37.6 Å². The number of aryl methyl sites for hydroxylation is 1. The fraction of sp³-hybridized carbons (Fsp3) is 0.500. The Bertz CT molecular complexity index is 376. The van der Waals surface area contributed by atoms with Gasteiger partial charge in [0.2, 0.25) is 0 Å². The van der Waals surface area contributed by atoms with Gasteiger partial charge in [-0.1, -0.05) is 11.6 Å². The van der Waals surface area contributed by atoms with Crippen molar-refractivity contribution in [2.45, 2.75) is 19.4 Å². The fourth-order valence-corrected chi connectivity index (χ4v) is 2.21. The summed E-state index contributed by atoms with van der Waals surface area (Å²) >= 11 is 6.11. The van der Waals surface area contributed by atoms with Crippen molar-refractivity contribution < 1.29 is 4.74 Å². The highest BCUT2D eigenvalue weighted by atomic mass is 35.5. The van der Waals surface area contributed by atoms with Gasteiger partial charge in [-0.25, -0.2) is 0 Å². The maximum atomic E-state index is 6.11. The number of nitrogens with one attached hydrogen (secondary N) is 2. The normalized spacial score (nSPS) is 19.8. The standard InChI is InChI=1S/C12H17ClN2O/c1-8-5-12(16-2)10(13)6-11(8)15-9-3-4-14-7-9/h5-6,9,14-15H,3-4,7H2,1-2H3. The molecule has 1 aromatic rings. The minimum atomic E-state index is 0.503. The van der Waals surface area contributed by atoms with Crippen LogP contribution in [0.25, 0.3) is 0 Å². The number of hydrogen-bond acceptors (Lipinski definition) is 3. The Balaban J connectivity index is 2.17. The lowest BCUT2D eigenvalue weighted by Crippen LogP contribution is -2.22. The molecule has 16 heavy (non-hydrogen) atoms. The van der Waals surface area contributed by atoms with E-state index in [1.807, 2.05) is 12.1 Å². The van der Waals surface area contributed by atoms with E-state index in [-0.39, 0.29) is 0 Å². The van der Waals surface area contributed by atoms with Gasteiger partial charge in [0.15, 0.2) is 0 Å². The van der Waals surface area contributed by atoms with Crippen LogP contribution in [-0.4, -0.2) is 26.2 Å². The van der Waals surface area contributed by atoms with E-state index in [1.165, 1.54) is 0 Å². The van der Waals surface area contributed by atoms with Crippen LogP contribution in [0.4, 0.5) is 5.69 Å². The van der Waals surface area contributed by atoms with Crippen LogP contribution in [0.5, 0.6) is 5.75 Å². The predicted octanol–water partition coefficient (Wildman–Crippen LogP) is 2.43. The van der Waals surface area contributed by atoms with Crippen molar-refractivity contribution in [1.29, 1.82) is 0 Å². The predicted molar refractivity (Wildman–Crippen MR) is 67.6 cm³/mol. The van der Waals surface area contributed by atoms with Crippen molar-refractivity contribution in [3.05, 3.63) is 22.7 Å². The van der Waals surface area contributed by atoms with Gasteiger partial charge in [-0.3, -0.25) is 0 Å². The summed E-state index contributed by atoms with van der Waals surface area (Å²) < 4.78 is 5.18. The maximum Gasteiger partial charge on any atom is 0.137 e. The van der Waals surface area contributed by atoms with Gasteiger partial charge in [0.25, 0.3) is 0 Å². The summed E-state index contributed by atoms with van der Waals surface area (Å²) in [4.78, 5) is 0. The third kappa shape index (κ3) is 2.42. The molecule has 1 fully saturated rings. The molecule has 0 saturated carbocycles. The number of rotatable bonds is 3. The second-order valence-electron chi connectivity index (χ2n) is 4.14. The van der Waals surface area contributed by atoms with E-state index >= 15 is 0 Å². The lowest BCUT2D eigenvalue weighted by molar-refractivity contribution is 0.415. The van der Waals surface area contributed by atoms with Gasteiger partial charge in [0, 0.05) is 18.3 Å². The highest BCUT2D eigenvalue weighted by molar-refractivity contribution is 6.32. The van der Waals surface area contributed by atoms with Crippen molar-refractivity contribution in [1.82, 2.24) is 5.32 Å². The third-order valence-corrected chi connectivity index (χ3v) is 3.21. The Kier molecular flexibility index (Phi) is 3.56. The van der Waals surface area contributed by atoms with Crippen molar-refractivity contribution in [3.8, 4) is 5.75 Å². The first-order valence-electron chi connectivity index (χ1n) is 5.52. The summed E-state index contributed by atoms with van der Waals surface area (Å²) in [6.07, 6.45) is 1.16. The molecule has 1 saturated heterocycles. The van der Waals surface area contributed by atoms with Crippen LogP contribution in [0.1, 0.15) is 12.0 Å². The molecule has 2 rings (SSSR count). The molecular weight excluding hydrogens is 224 g/mol. The first kappa shape index (κ1) is 11.6. The molecule has 1 heterocycles. The number of halogens is 1. The molecule has 0 aliphatic carbocycles. The van der Waals surface area contributed by atoms with E-state index in [9.17, 15) is 0 Å². The number of anilines is 1. The van der Waals surface area contributed by atoms with Crippen LogP contribution in [0, 0.1) is 6.92 Å². The summed E-state index contributed by atoms with van der Waals surface area (Å²) in [6, 6.07) is 4.41. The van der Waals surface area contributed by atoms with E-state index in [1.54, 1.807) is 7.11 Å². The van der Waals surface area contributed by atoms with Crippen molar-refractivity contribution in [3.63, 3.8) is 0 Å². The summed E-state index contributed by atoms with van der Waals surface area (Å²) in [7, 11) is 1.63. The maximum absolute atomic E-state index is 6.11. The highest BCUT2D eigenvalue weighted by Gasteiger charge is 2.15. The summed E-state index contributed by atoms with van der Waals surface area (Å²) in [5.74, 6) is 0.731. The van der Waals surface area contributed by atoms with Gasteiger partial charge in [0.05, 0.1) is 12.1 Å². The first-order valence-corrected chi connectivity index (χ1v) is 5.90. The summed E-state index contributed by atoms with van der Waals surface area (Å²) in [5, 5.41) is 7.48. The highest BCUT2D eigenvalue weighted by Crippen LogP contribution is 2.31. The molecule has 1 aromatic carbocycles. The average molecular weight is 241 g/mol. The van der Waals surface area contributed by atoms with Crippen LogP contribution in [0.3, 0.4) is 0 Å². The monoisotopic (exact) mass is 240 g/mol. The van der Waals surface area contributed by atoms with Gasteiger partial charge in [-0.15, -0.1) is 0 Å². The Morgan fingerprint density at radius 2 is 2.31 bits per heavy atom. The van der Waals surface area contributed by atoms with Crippen LogP contribution >= 0.6 is 11.6 Å². The minimum Gasteiger partial charge on any atom is -0.495 e. The quantitative estimate of drug-likeness (QED) is 0.852. The molecule has 1 atom stereocenters. The van der Waals surface area contributed by atoms with Gasteiger partial charge in [-0.2, -0.15) is 0 Å². The zero-order valence-electron chi connectivity index (χ0n) is 9.64. The molecule has 1 unspecified atom stereocenters. The smallest absolute Gasteiger partial charge is 0.137 e. The van der Waals surface area contributed by atoms with E-state index in [4.69, 9.17) is 16.3 Å². The number of ether oxygens (including phenoxy) is 1. The van der Waals surface area contributed by atoms with Gasteiger partial charge >= 0.3 is 0 Å². The van der Waals surface area contributed by atoms with Gasteiger partial charge in [0.1, 0.15) is 5.75 Å². The van der Waals surface area contributed by atoms with Crippen LogP contribution in [0.15, 0.2) is 12.1 Å². The molecule has 1 aliphatic heterocycles. The van der Waals surface area contributed by atoms with Crippen LogP contribution in [0.2, 0.25) is 5.02 Å². The molecule has 0 bridgehead atoms. The zero-order chi connectivity index (χ0) is 11.5. The van der Waals surface area contributed by atoms with Crippen molar-refractivity contribution >= 4 is 17.3 Å². The Labute approximate surface area is 101 Å². The van der Waals surface area contributed by atoms with E-state index < -0.39 is 0 Å². The van der Waals surface area contributed by atoms with E-state index in [2.05, 4.69) is 17.6 Å². The summed E-state index contributed by atoms with van der Waals surface area (Å²) in [5.41, 5.74) is 2.26. The molecule has 0 spiro atoms. The third-order valence-electron chi connectivity index (χ3n) is 2.92. The van der Waals surface area contributed by atoms with Crippen LogP contribution in [-0.2, 0) is 0 Å². The molecule has 0 aromatic heterocycles. The van der Waals surface area contributed by atoms with Crippen LogP contribution < -0.4 is 15.4 Å². The summed E-state index contributed by atoms with van der Waals surface area (Å²) in [6.45, 7) is 4.16. The molecule has 2 N–H and O–H groups in total. The molecular formula is C12H17ClN2O. The lowest BCUT2D eigenvalue weighted by atomic mass is 10.1.